The number of ether oxygens (including phenoxy) is 1. The summed E-state index contributed by atoms with van der Waals surface area (Å²) in [5.41, 5.74) is 3.93. The molecule has 2 aromatic heterocycles. The van der Waals surface area contributed by atoms with Gasteiger partial charge >= 0.3 is 0 Å². The summed E-state index contributed by atoms with van der Waals surface area (Å²) < 4.78 is 5.85. The van der Waals surface area contributed by atoms with E-state index in [0.29, 0.717) is 12.5 Å². The highest BCUT2D eigenvalue weighted by Crippen LogP contribution is 2.22. The first-order valence-corrected chi connectivity index (χ1v) is 8.10. The monoisotopic (exact) mass is 306 g/mol. The lowest BCUT2D eigenvalue weighted by molar-refractivity contribution is 0.306. The molecular formula is C15H22N4OS. The number of hydrogen-bond donors (Lipinski definition) is 1. The van der Waals surface area contributed by atoms with Crippen molar-refractivity contribution in [2.45, 2.75) is 40.5 Å². The van der Waals surface area contributed by atoms with Gasteiger partial charge in [0.15, 0.2) is 0 Å². The molecule has 2 rings (SSSR count). The van der Waals surface area contributed by atoms with Gasteiger partial charge in [-0.25, -0.2) is 9.97 Å². The summed E-state index contributed by atoms with van der Waals surface area (Å²) in [7, 11) is 0. The predicted molar refractivity (Wildman–Crippen MR) is 86.3 cm³/mol. The molecule has 0 fully saturated rings. The van der Waals surface area contributed by atoms with Gasteiger partial charge in [-0.05, 0) is 27.2 Å². The third-order valence-corrected chi connectivity index (χ3v) is 4.16. The molecule has 5 nitrogen and oxygen atoms in total. The molecule has 1 N–H and O–H groups in total. The summed E-state index contributed by atoms with van der Waals surface area (Å²) in [6.45, 7) is 9.54. The zero-order chi connectivity index (χ0) is 15.2. The highest BCUT2D eigenvalue weighted by Gasteiger charge is 2.10. The normalized spacial score (nSPS) is 10.7. The first-order valence-electron chi connectivity index (χ1n) is 7.22. The molecule has 0 atom stereocenters. The Balaban J connectivity index is 2.02. The van der Waals surface area contributed by atoms with Crippen LogP contribution in [-0.2, 0) is 6.42 Å². The van der Waals surface area contributed by atoms with Crippen LogP contribution < -0.4 is 10.1 Å². The lowest BCUT2D eigenvalue weighted by atomic mass is 10.3. The van der Waals surface area contributed by atoms with Gasteiger partial charge in [-0.15, -0.1) is 11.3 Å². The van der Waals surface area contributed by atoms with E-state index in [4.69, 9.17) is 4.74 Å². The molecular weight excluding hydrogens is 284 g/mol. The molecule has 21 heavy (non-hydrogen) atoms. The van der Waals surface area contributed by atoms with E-state index < -0.39 is 0 Å². The lowest BCUT2D eigenvalue weighted by Gasteiger charge is -2.13. The lowest BCUT2D eigenvalue weighted by Crippen LogP contribution is -2.10. The Labute approximate surface area is 129 Å². The van der Waals surface area contributed by atoms with Crippen LogP contribution in [0.3, 0.4) is 0 Å². The first kappa shape index (κ1) is 15.7. The molecule has 0 spiro atoms. The van der Waals surface area contributed by atoms with Crippen LogP contribution in [0.5, 0.6) is 5.88 Å². The molecule has 0 bridgehead atoms. The minimum atomic E-state index is 0.605. The second kappa shape index (κ2) is 7.36. The third kappa shape index (κ3) is 4.14. The minimum Gasteiger partial charge on any atom is -0.477 e. The number of hydrogen-bond acceptors (Lipinski definition) is 6. The maximum absolute atomic E-state index is 5.85. The summed E-state index contributed by atoms with van der Waals surface area (Å²) in [6.07, 6.45) is 1.92. The summed E-state index contributed by atoms with van der Waals surface area (Å²) in [5.74, 6) is 2.26. The molecule has 0 aromatic carbocycles. The van der Waals surface area contributed by atoms with E-state index in [2.05, 4.69) is 27.2 Å². The number of anilines is 1. The third-order valence-electron chi connectivity index (χ3n) is 3.17. The van der Waals surface area contributed by atoms with Crippen LogP contribution in [0.1, 0.15) is 35.3 Å². The Bertz CT molecular complexity index is 597. The zero-order valence-electron chi connectivity index (χ0n) is 13.1. The molecule has 6 heteroatoms. The standard InChI is InChI=1S/C15H22N4OS/c1-5-7-16-14-10(2)15(19-12(4)18-14)20-8-6-13-11(3)17-9-21-13/h9H,5-8H2,1-4H3,(H,16,18,19). The van der Waals surface area contributed by atoms with E-state index in [0.717, 1.165) is 42.3 Å². The molecule has 114 valence electrons. The molecule has 0 saturated carbocycles. The van der Waals surface area contributed by atoms with Gasteiger partial charge in [0.25, 0.3) is 0 Å². The number of aromatic nitrogens is 3. The van der Waals surface area contributed by atoms with Crippen LogP contribution in [0.15, 0.2) is 5.51 Å². The molecule has 0 saturated heterocycles. The predicted octanol–water partition coefficient (Wildman–Crippen LogP) is 3.30. The Morgan fingerprint density at radius 3 is 2.71 bits per heavy atom. The Hall–Kier alpha value is -1.69. The topological polar surface area (TPSA) is 59.9 Å². The average molecular weight is 306 g/mol. The average Bonchev–Trinajstić information content (AvgIpc) is 2.86. The molecule has 0 aliphatic carbocycles. The van der Waals surface area contributed by atoms with Crippen molar-refractivity contribution in [3.63, 3.8) is 0 Å². The van der Waals surface area contributed by atoms with E-state index in [-0.39, 0.29) is 0 Å². The van der Waals surface area contributed by atoms with Crippen LogP contribution in [0.2, 0.25) is 0 Å². The Morgan fingerprint density at radius 2 is 2.05 bits per heavy atom. The van der Waals surface area contributed by atoms with Crippen molar-refractivity contribution in [1.82, 2.24) is 15.0 Å². The second-order valence-corrected chi connectivity index (χ2v) is 5.88. The zero-order valence-corrected chi connectivity index (χ0v) is 13.9. The van der Waals surface area contributed by atoms with Crippen LogP contribution >= 0.6 is 11.3 Å². The number of aryl methyl sites for hydroxylation is 2. The summed E-state index contributed by atoms with van der Waals surface area (Å²) in [4.78, 5) is 14.3. The van der Waals surface area contributed by atoms with Gasteiger partial charge in [-0.3, -0.25) is 0 Å². The van der Waals surface area contributed by atoms with Crippen LogP contribution in [0.4, 0.5) is 5.82 Å². The molecule has 0 aliphatic rings. The van der Waals surface area contributed by atoms with Gasteiger partial charge in [0.1, 0.15) is 11.6 Å². The van der Waals surface area contributed by atoms with E-state index in [1.165, 1.54) is 4.88 Å². The van der Waals surface area contributed by atoms with Crippen LogP contribution in [0, 0.1) is 20.8 Å². The van der Waals surface area contributed by atoms with Crippen molar-refractivity contribution in [1.29, 1.82) is 0 Å². The highest BCUT2D eigenvalue weighted by molar-refractivity contribution is 7.09. The van der Waals surface area contributed by atoms with Gasteiger partial charge < -0.3 is 10.1 Å². The van der Waals surface area contributed by atoms with Gasteiger partial charge in [0.2, 0.25) is 5.88 Å². The number of rotatable bonds is 7. The van der Waals surface area contributed by atoms with Crippen LogP contribution in [-0.4, -0.2) is 28.1 Å². The van der Waals surface area contributed by atoms with E-state index in [1.807, 2.05) is 26.3 Å². The molecule has 0 radical (unpaired) electrons. The maximum atomic E-state index is 5.85. The molecule has 0 amide bonds. The van der Waals surface area contributed by atoms with Crippen molar-refractivity contribution in [2.75, 3.05) is 18.5 Å². The highest BCUT2D eigenvalue weighted by atomic mass is 32.1. The fourth-order valence-corrected chi connectivity index (χ4v) is 2.73. The van der Waals surface area contributed by atoms with Crippen molar-refractivity contribution < 1.29 is 4.74 Å². The molecule has 2 heterocycles. The van der Waals surface area contributed by atoms with Gasteiger partial charge in [0, 0.05) is 17.8 Å². The number of nitrogens with zero attached hydrogens (tertiary/aromatic N) is 3. The smallest absolute Gasteiger partial charge is 0.221 e. The molecule has 0 aliphatic heterocycles. The van der Waals surface area contributed by atoms with Crippen molar-refractivity contribution >= 4 is 17.2 Å². The largest absolute Gasteiger partial charge is 0.477 e. The number of nitrogens with one attached hydrogen (secondary N) is 1. The quantitative estimate of drug-likeness (QED) is 0.850. The molecule has 2 aromatic rings. The minimum absolute atomic E-state index is 0.605. The van der Waals surface area contributed by atoms with Crippen LogP contribution in [0.25, 0.3) is 0 Å². The van der Waals surface area contributed by atoms with Crippen molar-refractivity contribution in [3.8, 4) is 5.88 Å². The van der Waals surface area contributed by atoms with E-state index in [1.54, 1.807) is 11.3 Å². The maximum Gasteiger partial charge on any atom is 0.221 e. The SMILES string of the molecule is CCCNc1nc(C)nc(OCCc2scnc2C)c1C. The van der Waals surface area contributed by atoms with Crippen molar-refractivity contribution in [3.05, 3.63) is 27.5 Å². The first-order chi connectivity index (χ1) is 10.1. The van der Waals surface area contributed by atoms with E-state index >= 15 is 0 Å². The fourth-order valence-electron chi connectivity index (χ4n) is 1.97. The fraction of sp³-hybridized carbons (Fsp3) is 0.533. The van der Waals surface area contributed by atoms with Gasteiger partial charge in [-0.1, -0.05) is 6.92 Å². The summed E-state index contributed by atoms with van der Waals surface area (Å²) in [6, 6.07) is 0. The van der Waals surface area contributed by atoms with Gasteiger partial charge in [0.05, 0.1) is 23.4 Å². The summed E-state index contributed by atoms with van der Waals surface area (Å²) in [5, 5.41) is 3.32. The van der Waals surface area contributed by atoms with Crippen molar-refractivity contribution in [2.24, 2.45) is 0 Å². The molecule has 0 unspecified atom stereocenters. The summed E-state index contributed by atoms with van der Waals surface area (Å²) >= 11 is 1.67. The number of thiazole rings is 1. The van der Waals surface area contributed by atoms with E-state index in [9.17, 15) is 0 Å². The Kier molecular flexibility index (Phi) is 5.50. The van der Waals surface area contributed by atoms with Gasteiger partial charge in [-0.2, -0.15) is 4.98 Å². The second-order valence-electron chi connectivity index (χ2n) is 4.94. The Morgan fingerprint density at radius 1 is 1.24 bits per heavy atom.